The van der Waals surface area contributed by atoms with Crippen LogP contribution in [0.2, 0.25) is 0 Å². The van der Waals surface area contributed by atoms with E-state index in [0.717, 1.165) is 9.87 Å². The van der Waals surface area contributed by atoms with Gasteiger partial charge in [0.2, 0.25) is 0 Å². The molecule has 0 unspecified atom stereocenters. The molecule has 2 aromatic rings. The normalized spacial score (nSPS) is 12.8. The van der Waals surface area contributed by atoms with Crippen LogP contribution < -0.4 is 9.46 Å². The van der Waals surface area contributed by atoms with E-state index in [2.05, 4.69) is 20.7 Å². The number of aliphatic hydroxyl groups is 1. The van der Waals surface area contributed by atoms with Gasteiger partial charge in [0, 0.05) is 19.4 Å². The largest absolute Gasteiger partial charge is 0.487 e. The molecule has 0 spiro atoms. The standard InChI is InChI=1S/C17H21BrN2O4S/c1-20(2)25(22,23)19-15-10-14(16(21)11-18)8-9-17(15)24-12-13-6-4-3-5-7-13/h3-10,16,19,21H,11-12H2,1-2H3/t16-/m1/s1. The number of halogens is 1. The Morgan fingerprint density at radius 1 is 1.20 bits per heavy atom. The summed E-state index contributed by atoms with van der Waals surface area (Å²) in [6.07, 6.45) is -0.745. The van der Waals surface area contributed by atoms with Crippen LogP contribution in [0.3, 0.4) is 0 Å². The lowest BCUT2D eigenvalue weighted by molar-refractivity contribution is 0.205. The predicted molar refractivity (Wildman–Crippen MR) is 102 cm³/mol. The van der Waals surface area contributed by atoms with Crippen molar-refractivity contribution >= 4 is 31.8 Å². The maximum absolute atomic E-state index is 12.2. The summed E-state index contributed by atoms with van der Waals surface area (Å²) in [6, 6.07) is 14.5. The molecule has 0 aromatic heterocycles. The van der Waals surface area contributed by atoms with Crippen LogP contribution in [0.1, 0.15) is 17.2 Å². The van der Waals surface area contributed by atoms with Crippen molar-refractivity contribution < 1.29 is 18.3 Å². The highest BCUT2D eigenvalue weighted by Gasteiger charge is 2.18. The first-order chi connectivity index (χ1) is 11.8. The second kappa shape index (κ2) is 8.66. The van der Waals surface area contributed by atoms with Gasteiger partial charge >= 0.3 is 10.2 Å². The Kier molecular flexibility index (Phi) is 6.83. The number of hydrogen-bond acceptors (Lipinski definition) is 4. The van der Waals surface area contributed by atoms with E-state index in [0.29, 0.717) is 23.2 Å². The van der Waals surface area contributed by atoms with Gasteiger partial charge in [0.15, 0.2) is 0 Å². The van der Waals surface area contributed by atoms with Crippen LogP contribution in [0, 0.1) is 0 Å². The van der Waals surface area contributed by atoms with Gasteiger partial charge in [-0.2, -0.15) is 12.7 Å². The molecule has 2 aromatic carbocycles. The number of nitrogens with zero attached hydrogens (tertiary/aromatic N) is 1. The lowest BCUT2D eigenvalue weighted by Crippen LogP contribution is -2.29. The van der Waals surface area contributed by atoms with Gasteiger partial charge < -0.3 is 9.84 Å². The molecular weight excluding hydrogens is 408 g/mol. The van der Waals surface area contributed by atoms with Crippen molar-refractivity contribution in [1.82, 2.24) is 4.31 Å². The number of ether oxygens (including phenoxy) is 1. The first-order valence-electron chi connectivity index (χ1n) is 7.58. The molecule has 0 aliphatic carbocycles. The Balaban J connectivity index is 2.30. The van der Waals surface area contributed by atoms with E-state index < -0.39 is 16.3 Å². The Labute approximate surface area is 156 Å². The highest BCUT2D eigenvalue weighted by Crippen LogP contribution is 2.30. The van der Waals surface area contributed by atoms with Crippen LogP contribution >= 0.6 is 15.9 Å². The summed E-state index contributed by atoms with van der Waals surface area (Å²) in [5, 5.41) is 10.3. The lowest BCUT2D eigenvalue weighted by Gasteiger charge is -2.18. The zero-order chi connectivity index (χ0) is 18.4. The van der Waals surface area contributed by atoms with Gasteiger partial charge in [0.05, 0.1) is 11.8 Å². The van der Waals surface area contributed by atoms with Crippen LogP contribution in [0.5, 0.6) is 5.75 Å². The average Bonchev–Trinajstić information content (AvgIpc) is 2.60. The average molecular weight is 429 g/mol. The zero-order valence-electron chi connectivity index (χ0n) is 14.0. The number of nitrogens with one attached hydrogen (secondary N) is 1. The van der Waals surface area contributed by atoms with Gasteiger partial charge in [-0.15, -0.1) is 0 Å². The third-order valence-corrected chi connectivity index (χ3v) is 5.54. The molecule has 0 aliphatic heterocycles. The van der Waals surface area contributed by atoms with Gasteiger partial charge in [-0.1, -0.05) is 52.3 Å². The summed E-state index contributed by atoms with van der Waals surface area (Å²) in [4.78, 5) is 0. The number of alkyl halides is 1. The van der Waals surface area contributed by atoms with Crippen LogP contribution in [0.15, 0.2) is 48.5 Å². The minimum atomic E-state index is -3.70. The van der Waals surface area contributed by atoms with Crippen molar-refractivity contribution in [2.24, 2.45) is 0 Å². The van der Waals surface area contributed by atoms with E-state index >= 15 is 0 Å². The minimum absolute atomic E-state index is 0.280. The Hall–Kier alpha value is -1.61. The highest BCUT2D eigenvalue weighted by atomic mass is 79.9. The van der Waals surface area contributed by atoms with Crippen molar-refractivity contribution in [1.29, 1.82) is 0 Å². The fourth-order valence-electron chi connectivity index (χ4n) is 2.02. The molecule has 25 heavy (non-hydrogen) atoms. The summed E-state index contributed by atoms with van der Waals surface area (Å²) in [7, 11) is -0.827. The van der Waals surface area contributed by atoms with E-state index in [4.69, 9.17) is 4.74 Å². The molecule has 0 aliphatic rings. The van der Waals surface area contributed by atoms with Gasteiger partial charge in [0.25, 0.3) is 0 Å². The smallest absolute Gasteiger partial charge is 0.301 e. The fraction of sp³-hybridized carbons (Fsp3) is 0.294. The maximum Gasteiger partial charge on any atom is 0.301 e. The monoisotopic (exact) mass is 428 g/mol. The number of anilines is 1. The second-order valence-corrected chi connectivity index (χ2v) is 8.12. The highest BCUT2D eigenvalue weighted by molar-refractivity contribution is 9.09. The zero-order valence-corrected chi connectivity index (χ0v) is 16.4. The first kappa shape index (κ1) is 19.7. The van der Waals surface area contributed by atoms with Crippen LogP contribution in [0.4, 0.5) is 5.69 Å². The minimum Gasteiger partial charge on any atom is -0.487 e. The summed E-state index contributed by atoms with van der Waals surface area (Å²) in [5.74, 6) is 0.389. The molecular formula is C17H21BrN2O4S. The second-order valence-electron chi connectivity index (χ2n) is 5.59. The summed E-state index contributed by atoms with van der Waals surface area (Å²) in [5.41, 5.74) is 1.83. The summed E-state index contributed by atoms with van der Waals surface area (Å²) in [6.45, 7) is 0.303. The SMILES string of the molecule is CN(C)S(=O)(=O)Nc1cc([C@H](O)CBr)ccc1OCc1ccccc1. The number of hydrogen-bond donors (Lipinski definition) is 2. The van der Waals surface area contributed by atoms with Gasteiger partial charge in [-0.25, -0.2) is 0 Å². The molecule has 0 fully saturated rings. The van der Waals surface area contributed by atoms with E-state index in [1.54, 1.807) is 18.2 Å². The van der Waals surface area contributed by atoms with Gasteiger partial charge in [-0.3, -0.25) is 4.72 Å². The van der Waals surface area contributed by atoms with E-state index in [-0.39, 0.29) is 5.69 Å². The van der Waals surface area contributed by atoms with Crippen molar-refractivity contribution in [2.45, 2.75) is 12.7 Å². The topological polar surface area (TPSA) is 78.9 Å². The first-order valence-corrected chi connectivity index (χ1v) is 10.1. The van der Waals surface area contributed by atoms with Crippen LogP contribution in [-0.2, 0) is 16.8 Å². The molecule has 0 heterocycles. The number of benzene rings is 2. The maximum atomic E-state index is 12.2. The summed E-state index contributed by atoms with van der Waals surface area (Å²) >= 11 is 3.21. The Morgan fingerprint density at radius 3 is 2.48 bits per heavy atom. The van der Waals surface area contributed by atoms with Gasteiger partial charge in [-0.05, 0) is 23.3 Å². The third kappa shape index (κ3) is 5.43. The molecule has 136 valence electrons. The van der Waals surface area contributed by atoms with Gasteiger partial charge in [0.1, 0.15) is 12.4 Å². The quantitative estimate of drug-likeness (QED) is 0.633. The molecule has 0 saturated heterocycles. The molecule has 0 radical (unpaired) electrons. The molecule has 2 rings (SSSR count). The third-order valence-electron chi connectivity index (χ3n) is 3.49. The molecule has 8 heteroatoms. The van der Waals surface area contributed by atoms with Crippen LogP contribution in [0.25, 0.3) is 0 Å². The summed E-state index contributed by atoms with van der Waals surface area (Å²) < 4.78 is 33.7. The van der Waals surface area contributed by atoms with E-state index in [1.807, 2.05) is 30.3 Å². The molecule has 6 nitrogen and oxygen atoms in total. The molecule has 2 N–H and O–H groups in total. The van der Waals surface area contributed by atoms with E-state index in [9.17, 15) is 13.5 Å². The molecule has 0 saturated carbocycles. The lowest BCUT2D eigenvalue weighted by atomic mass is 10.1. The molecule has 1 atom stereocenters. The number of rotatable bonds is 8. The predicted octanol–water partition coefficient (Wildman–Crippen LogP) is 2.91. The Bertz CT molecular complexity index is 798. The van der Waals surface area contributed by atoms with Crippen molar-refractivity contribution in [3.63, 3.8) is 0 Å². The number of aliphatic hydroxyl groups excluding tert-OH is 1. The molecule has 0 amide bonds. The van der Waals surface area contributed by atoms with Crippen molar-refractivity contribution in [3.8, 4) is 5.75 Å². The molecule has 0 bridgehead atoms. The van der Waals surface area contributed by atoms with E-state index in [1.165, 1.54) is 14.1 Å². The van der Waals surface area contributed by atoms with Crippen molar-refractivity contribution in [2.75, 3.05) is 24.1 Å². The fourth-order valence-corrected chi connectivity index (χ4v) is 3.01. The van der Waals surface area contributed by atoms with Crippen LogP contribution in [-0.4, -0.2) is 37.3 Å². The Morgan fingerprint density at radius 2 is 1.88 bits per heavy atom. The van der Waals surface area contributed by atoms with Crippen molar-refractivity contribution in [3.05, 3.63) is 59.7 Å².